The molecule has 2 N–H and O–H groups in total. The molecule has 0 aliphatic rings. The summed E-state index contributed by atoms with van der Waals surface area (Å²) in [6.07, 6.45) is 3.43. The Balaban J connectivity index is 0. The fourth-order valence-corrected chi connectivity index (χ4v) is 1.32. The zero-order chi connectivity index (χ0) is 14.9. The van der Waals surface area contributed by atoms with E-state index in [-0.39, 0.29) is 23.2 Å². The first-order valence-corrected chi connectivity index (χ1v) is 6.80. The standard InChI is InChI=1S/C8H16O.C7H15NO/c1-4-5-6-7(2)8(3)9;1-5(9)6(8)7(2,3)4/h7H,4-6H2,1-3H3;6H,8H2,1-4H3/t7-;/m0./s1. The number of hydrogen-bond donors (Lipinski definition) is 1. The maximum atomic E-state index is 10.7. The van der Waals surface area contributed by atoms with E-state index < -0.39 is 0 Å². The second-order valence-corrected chi connectivity index (χ2v) is 6.11. The molecule has 0 saturated heterocycles. The van der Waals surface area contributed by atoms with Crippen molar-refractivity contribution in [1.82, 2.24) is 0 Å². The number of carbonyl (C=O) groups excluding carboxylic acids is 2. The van der Waals surface area contributed by atoms with Crippen LogP contribution in [0, 0.1) is 11.3 Å². The van der Waals surface area contributed by atoms with Crippen molar-refractivity contribution in [2.45, 2.75) is 73.8 Å². The van der Waals surface area contributed by atoms with Crippen molar-refractivity contribution in [3.8, 4) is 0 Å². The van der Waals surface area contributed by atoms with Gasteiger partial charge in [0.05, 0.1) is 6.04 Å². The molecule has 0 amide bonds. The van der Waals surface area contributed by atoms with Crippen LogP contribution in [-0.2, 0) is 9.59 Å². The highest BCUT2D eigenvalue weighted by molar-refractivity contribution is 5.81. The van der Waals surface area contributed by atoms with Crippen LogP contribution in [0.5, 0.6) is 0 Å². The van der Waals surface area contributed by atoms with Crippen LogP contribution in [0.4, 0.5) is 0 Å². The number of nitrogens with two attached hydrogens (primary N) is 1. The van der Waals surface area contributed by atoms with E-state index in [4.69, 9.17) is 5.73 Å². The van der Waals surface area contributed by atoms with Crippen LogP contribution in [0.25, 0.3) is 0 Å². The molecule has 0 bridgehead atoms. The Hall–Kier alpha value is -0.700. The van der Waals surface area contributed by atoms with Crippen LogP contribution in [0.15, 0.2) is 0 Å². The molecule has 108 valence electrons. The molecule has 3 nitrogen and oxygen atoms in total. The molecule has 0 spiro atoms. The molecule has 0 saturated carbocycles. The van der Waals surface area contributed by atoms with Gasteiger partial charge in [-0.2, -0.15) is 0 Å². The summed E-state index contributed by atoms with van der Waals surface area (Å²) >= 11 is 0. The molecule has 0 aromatic carbocycles. The summed E-state index contributed by atoms with van der Waals surface area (Å²) in [6, 6.07) is -0.322. The lowest BCUT2D eigenvalue weighted by Gasteiger charge is -2.23. The predicted molar refractivity (Wildman–Crippen MR) is 77.5 cm³/mol. The Bertz CT molecular complexity index is 254. The molecule has 0 aliphatic heterocycles. The zero-order valence-corrected chi connectivity index (χ0v) is 13.2. The number of ketones is 2. The van der Waals surface area contributed by atoms with Gasteiger partial charge in [0.2, 0.25) is 0 Å². The zero-order valence-electron chi connectivity index (χ0n) is 13.2. The van der Waals surface area contributed by atoms with Gasteiger partial charge in [-0.25, -0.2) is 0 Å². The highest BCUT2D eigenvalue weighted by Crippen LogP contribution is 2.17. The van der Waals surface area contributed by atoms with Crippen LogP contribution in [-0.4, -0.2) is 17.6 Å². The van der Waals surface area contributed by atoms with Gasteiger partial charge in [0.25, 0.3) is 0 Å². The summed E-state index contributed by atoms with van der Waals surface area (Å²) in [5, 5.41) is 0. The fourth-order valence-electron chi connectivity index (χ4n) is 1.32. The first-order chi connectivity index (χ1) is 8.03. The third-order valence-electron chi connectivity index (χ3n) is 3.06. The average Bonchev–Trinajstić information content (AvgIpc) is 2.23. The normalized spacial score (nSPS) is 14.2. The molecule has 0 heterocycles. The molecule has 0 rings (SSSR count). The smallest absolute Gasteiger partial charge is 0.146 e. The van der Waals surface area contributed by atoms with Gasteiger partial charge in [0.1, 0.15) is 11.6 Å². The summed E-state index contributed by atoms with van der Waals surface area (Å²) in [5.74, 6) is 0.663. The van der Waals surface area contributed by atoms with Crippen LogP contribution in [0.2, 0.25) is 0 Å². The van der Waals surface area contributed by atoms with E-state index in [1.165, 1.54) is 19.8 Å². The Morgan fingerprint density at radius 2 is 1.56 bits per heavy atom. The molecule has 0 fully saturated rings. The Kier molecular flexibility index (Phi) is 10.1. The van der Waals surface area contributed by atoms with Gasteiger partial charge in [-0.05, 0) is 25.7 Å². The lowest BCUT2D eigenvalue weighted by Crippen LogP contribution is -2.40. The third kappa shape index (κ3) is 10.5. The monoisotopic (exact) mass is 257 g/mol. The average molecular weight is 257 g/mol. The van der Waals surface area contributed by atoms with Crippen LogP contribution < -0.4 is 5.73 Å². The van der Waals surface area contributed by atoms with Crippen LogP contribution in [0.1, 0.15) is 67.7 Å². The van der Waals surface area contributed by atoms with E-state index in [1.54, 1.807) is 6.92 Å². The second kappa shape index (κ2) is 9.26. The Labute approximate surface area is 113 Å². The molecule has 18 heavy (non-hydrogen) atoms. The number of unbranched alkanes of at least 4 members (excludes halogenated alkanes) is 1. The summed E-state index contributed by atoms with van der Waals surface area (Å²) in [4.78, 5) is 21.3. The molecular weight excluding hydrogens is 226 g/mol. The largest absolute Gasteiger partial charge is 0.321 e. The molecule has 0 aromatic heterocycles. The lowest BCUT2D eigenvalue weighted by atomic mass is 9.85. The van der Waals surface area contributed by atoms with E-state index in [9.17, 15) is 9.59 Å². The topological polar surface area (TPSA) is 60.2 Å². The highest BCUT2D eigenvalue weighted by Gasteiger charge is 2.23. The molecule has 0 radical (unpaired) electrons. The van der Waals surface area contributed by atoms with Crippen molar-refractivity contribution in [2.24, 2.45) is 17.1 Å². The van der Waals surface area contributed by atoms with Gasteiger partial charge >= 0.3 is 0 Å². The van der Waals surface area contributed by atoms with Gasteiger partial charge < -0.3 is 5.73 Å². The maximum absolute atomic E-state index is 10.7. The summed E-state index contributed by atoms with van der Waals surface area (Å²) in [5.41, 5.74) is 5.45. The summed E-state index contributed by atoms with van der Waals surface area (Å²) in [7, 11) is 0. The van der Waals surface area contributed by atoms with E-state index in [2.05, 4.69) is 6.92 Å². The first kappa shape index (κ1) is 19.6. The Morgan fingerprint density at radius 3 is 1.72 bits per heavy atom. The summed E-state index contributed by atoms with van der Waals surface area (Å²) in [6.45, 7) is 13.2. The van der Waals surface area contributed by atoms with Crippen molar-refractivity contribution < 1.29 is 9.59 Å². The number of rotatable bonds is 5. The van der Waals surface area contributed by atoms with E-state index in [0.717, 1.165) is 6.42 Å². The van der Waals surface area contributed by atoms with E-state index >= 15 is 0 Å². The fraction of sp³-hybridized carbons (Fsp3) is 0.867. The quantitative estimate of drug-likeness (QED) is 0.821. The van der Waals surface area contributed by atoms with E-state index in [0.29, 0.717) is 5.78 Å². The molecule has 2 atom stereocenters. The SMILES string of the molecule is CC(=O)C(N)C(C)(C)C.CCCC[C@H](C)C(C)=O. The van der Waals surface area contributed by atoms with Crippen LogP contribution in [0.3, 0.4) is 0 Å². The van der Waals surface area contributed by atoms with Crippen molar-refractivity contribution in [1.29, 1.82) is 0 Å². The first-order valence-electron chi connectivity index (χ1n) is 6.80. The lowest BCUT2D eigenvalue weighted by molar-refractivity contribution is -0.121. The van der Waals surface area contributed by atoms with Gasteiger partial charge in [-0.3, -0.25) is 9.59 Å². The minimum absolute atomic E-state index is 0.0579. The second-order valence-electron chi connectivity index (χ2n) is 6.11. The molecule has 1 unspecified atom stereocenters. The molecule has 3 heteroatoms. The van der Waals surface area contributed by atoms with Crippen molar-refractivity contribution in [3.05, 3.63) is 0 Å². The van der Waals surface area contributed by atoms with Crippen molar-refractivity contribution in [3.63, 3.8) is 0 Å². The van der Waals surface area contributed by atoms with Gasteiger partial charge in [0, 0.05) is 5.92 Å². The van der Waals surface area contributed by atoms with Gasteiger partial charge in [-0.15, -0.1) is 0 Å². The predicted octanol–water partition coefficient (Wildman–Crippen LogP) is 3.35. The summed E-state index contributed by atoms with van der Waals surface area (Å²) < 4.78 is 0. The molecular formula is C15H31NO2. The minimum atomic E-state index is -0.322. The van der Waals surface area contributed by atoms with Crippen molar-refractivity contribution >= 4 is 11.6 Å². The van der Waals surface area contributed by atoms with Gasteiger partial charge in [0.15, 0.2) is 0 Å². The molecule has 0 aliphatic carbocycles. The molecule has 0 aromatic rings. The van der Waals surface area contributed by atoms with E-state index in [1.807, 2.05) is 27.7 Å². The number of hydrogen-bond acceptors (Lipinski definition) is 3. The van der Waals surface area contributed by atoms with Crippen molar-refractivity contribution in [2.75, 3.05) is 0 Å². The van der Waals surface area contributed by atoms with Crippen LogP contribution >= 0.6 is 0 Å². The van der Waals surface area contributed by atoms with Gasteiger partial charge in [-0.1, -0.05) is 47.5 Å². The Morgan fingerprint density at radius 1 is 1.11 bits per heavy atom. The number of Topliss-reactive ketones (excluding diaryl/α,β-unsaturated/α-hetero) is 2. The number of carbonyl (C=O) groups is 2. The maximum Gasteiger partial charge on any atom is 0.146 e. The minimum Gasteiger partial charge on any atom is -0.321 e. The third-order valence-corrected chi connectivity index (χ3v) is 3.06. The highest BCUT2D eigenvalue weighted by atomic mass is 16.1.